The summed E-state index contributed by atoms with van der Waals surface area (Å²) in [7, 11) is 0. The monoisotopic (exact) mass is 586 g/mol. The summed E-state index contributed by atoms with van der Waals surface area (Å²) in [6.07, 6.45) is 11.7. The Hall–Kier alpha value is -5.51. The average Bonchev–Trinajstić information content (AvgIpc) is 3.62. The maximum absolute atomic E-state index is 13.5. The van der Waals surface area contributed by atoms with Crippen LogP contribution in [0.1, 0.15) is 47.2 Å². The van der Waals surface area contributed by atoms with Gasteiger partial charge in [-0.2, -0.15) is 0 Å². The Bertz CT molecular complexity index is 1600. The Morgan fingerprint density at radius 2 is 2.12 bits per heavy atom. The normalized spacial score (nSPS) is 15.7. The van der Waals surface area contributed by atoms with Gasteiger partial charge in [0.25, 0.3) is 11.5 Å². The minimum atomic E-state index is -1.16. The van der Waals surface area contributed by atoms with E-state index in [0.717, 1.165) is 4.57 Å². The van der Waals surface area contributed by atoms with E-state index in [1.165, 1.54) is 36.5 Å². The number of anilines is 1. The first-order valence-corrected chi connectivity index (χ1v) is 13.5. The van der Waals surface area contributed by atoms with E-state index in [1.54, 1.807) is 31.3 Å². The second-order valence-corrected chi connectivity index (χ2v) is 9.75. The van der Waals surface area contributed by atoms with Crippen molar-refractivity contribution in [3.8, 4) is 12.3 Å². The van der Waals surface area contributed by atoms with Crippen LogP contribution in [-0.2, 0) is 25.7 Å². The second-order valence-electron chi connectivity index (χ2n) is 9.75. The number of rotatable bonds is 12. The predicted octanol–water partition coefficient (Wildman–Crippen LogP) is 1.67. The van der Waals surface area contributed by atoms with Gasteiger partial charge in [-0.15, -0.1) is 12.3 Å². The molecule has 4 heterocycles. The van der Waals surface area contributed by atoms with E-state index < -0.39 is 41.3 Å². The summed E-state index contributed by atoms with van der Waals surface area (Å²) < 4.78 is 11.2. The van der Waals surface area contributed by atoms with Crippen molar-refractivity contribution in [2.75, 3.05) is 11.9 Å². The summed E-state index contributed by atoms with van der Waals surface area (Å²) in [6, 6.07) is 7.58. The predicted molar refractivity (Wildman–Crippen MR) is 153 cm³/mol. The lowest BCUT2D eigenvalue weighted by Gasteiger charge is -2.23. The summed E-state index contributed by atoms with van der Waals surface area (Å²) in [5.74, 6) is 0.318. The molecule has 3 atom stereocenters. The van der Waals surface area contributed by atoms with Crippen molar-refractivity contribution >= 4 is 29.4 Å². The van der Waals surface area contributed by atoms with Gasteiger partial charge in [-0.3, -0.25) is 24.2 Å². The molecule has 222 valence electrons. The molecule has 0 radical (unpaired) electrons. The van der Waals surface area contributed by atoms with Gasteiger partial charge in [0.2, 0.25) is 11.8 Å². The van der Waals surface area contributed by atoms with Crippen molar-refractivity contribution < 1.29 is 28.4 Å². The third kappa shape index (κ3) is 8.26. The maximum atomic E-state index is 13.5. The van der Waals surface area contributed by atoms with Gasteiger partial charge in [-0.25, -0.2) is 4.79 Å². The van der Waals surface area contributed by atoms with Gasteiger partial charge in [-0.05, 0) is 44.0 Å². The van der Waals surface area contributed by atoms with Crippen LogP contribution in [0.5, 0.6) is 0 Å². The number of nitrogens with zero attached hydrogens (tertiary/aromatic N) is 3. The number of nitrogens with one attached hydrogen (secondary N) is 3. The average molecular weight is 587 g/mol. The molecule has 3 amide bonds. The van der Waals surface area contributed by atoms with Gasteiger partial charge in [0.15, 0.2) is 5.69 Å². The van der Waals surface area contributed by atoms with Crippen LogP contribution in [0.25, 0.3) is 0 Å². The number of aromatic nitrogens is 3. The molecule has 0 spiro atoms. The number of hydrogen-bond acceptors (Lipinski definition) is 9. The van der Waals surface area contributed by atoms with Crippen LogP contribution in [0.4, 0.5) is 5.69 Å². The Balaban J connectivity index is 1.50. The largest absolute Gasteiger partial charge is 0.456 e. The van der Waals surface area contributed by atoms with E-state index >= 15 is 0 Å². The minimum absolute atomic E-state index is 0.0191. The molecule has 1 aliphatic rings. The Labute approximate surface area is 246 Å². The zero-order valence-corrected chi connectivity index (χ0v) is 23.3. The molecule has 43 heavy (non-hydrogen) atoms. The van der Waals surface area contributed by atoms with Gasteiger partial charge in [0.1, 0.15) is 24.1 Å². The van der Waals surface area contributed by atoms with E-state index in [9.17, 15) is 24.0 Å². The Morgan fingerprint density at radius 1 is 1.28 bits per heavy atom. The molecule has 1 saturated heterocycles. The fraction of sp³-hybridized carbons (Fsp3) is 0.300. The first-order chi connectivity index (χ1) is 20.7. The van der Waals surface area contributed by atoms with Crippen LogP contribution >= 0.6 is 0 Å². The molecule has 0 aromatic carbocycles. The molecule has 0 bridgehead atoms. The smallest absolute Gasteiger partial charge is 0.330 e. The quantitative estimate of drug-likeness (QED) is 0.162. The lowest BCUT2D eigenvalue weighted by atomic mass is 9.97. The number of carbonyl (C=O) groups is 4. The molecule has 1 aliphatic heterocycles. The van der Waals surface area contributed by atoms with Crippen LogP contribution in [0, 0.1) is 25.2 Å². The molecule has 0 aliphatic carbocycles. The minimum Gasteiger partial charge on any atom is -0.456 e. The summed E-state index contributed by atoms with van der Waals surface area (Å²) in [5.41, 5.74) is -0.229. The zero-order valence-electron chi connectivity index (χ0n) is 23.3. The first kappa shape index (κ1) is 30.4. The van der Waals surface area contributed by atoms with Crippen LogP contribution in [0.3, 0.4) is 0 Å². The molecule has 0 saturated carbocycles. The van der Waals surface area contributed by atoms with Crippen molar-refractivity contribution in [1.29, 1.82) is 0 Å². The van der Waals surface area contributed by atoms with Crippen molar-refractivity contribution in [3.63, 3.8) is 0 Å². The number of pyridine rings is 2. The second kappa shape index (κ2) is 14.4. The van der Waals surface area contributed by atoms with Crippen molar-refractivity contribution in [3.05, 3.63) is 88.4 Å². The van der Waals surface area contributed by atoms with E-state index in [1.807, 2.05) is 0 Å². The lowest BCUT2D eigenvalue weighted by molar-refractivity contribution is -0.139. The Kier molecular flexibility index (Phi) is 10.2. The van der Waals surface area contributed by atoms with Gasteiger partial charge in [0.05, 0.1) is 5.69 Å². The van der Waals surface area contributed by atoms with Gasteiger partial charge < -0.3 is 29.8 Å². The van der Waals surface area contributed by atoms with Gasteiger partial charge in [0, 0.05) is 49.5 Å². The summed E-state index contributed by atoms with van der Waals surface area (Å²) in [6.45, 7) is 2.08. The van der Waals surface area contributed by atoms with Crippen LogP contribution < -0.4 is 21.5 Å². The fourth-order valence-corrected chi connectivity index (χ4v) is 4.45. The number of hydrogen-bond donors (Lipinski definition) is 3. The zero-order chi connectivity index (χ0) is 30.8. The van der Waals surface area contributed by atoms with Crippen LogP contribution in [0.2, 0.25) is 0 Å². The maximum Gasteiger partial charge on any atom is 0.330 e. The highest BCUT2D eigenvalue weighted by Gasteiger charge is 2.29. The van der Waals surface area contributed by atoms with Crippen molar-refractivity contribution in [2.24, 2.45) is 5.92 Å². The standard InChI is InChI=1S/C30H30N6O7/c1-3-7-25(36-15-6-9-23(30(36)41)34-28(39)24-16-19(2)43-35-24)29(40)33-21(17-20-12-14-32-27(20)38)10-11-26(37)42-18-22-8-4-5-13-31-22/h1,4-6,8-11,13,15-16,20-21,25H,7,12,14,17-18H2,2H3,(H,32,38)(H,33,40)(H,34,39)/b11-10+/t20-,21+,25-/m0/s1. The van der Waals surface area contributed by atoms with E-state index in [0.29, 0.717) is 24.4 Å². The number of carbonyl (C=O) groups excluding carboxylic acids is 4. The third-order valence-electron chi connectivity index (χ3n) is 6.61. The molecule has 3 N–H and O–H groups in total. The summed E-state index contributed by atoms with van der Waals surface area (Å²) >= 11 is 0. The lowest BCUT2D eigenvalue weighted by Crippen LogP contribution is -2.43. The van der Waals surface area contributed by atoms with E-state index in [4.69, 9.17) is 15.7 Å². The number of aryl methyl sites for hydroxylation is 1. The highest BCUT2D eigenvalue weighted by atomic mass is 16.5. The molecule has 13 heteroatoms. The molecule has 1 fully saturated rings. The highest BCUT2D eigenvalue weighted by Crippen LogP contribution is 2.19. The SMILES string of the molecule is C#CC[C@@H](C(=O)N[C@H](/C=C/C(=O)OCc1ccccn1)C[C@@H]1CCNC1=O)n1cccc(NC(=O)c2cc(C)on2)c1=O. The van der Waals surface area contributed by atoms with E-state index in [-0.39, 0.29) is 36.7 Å². The van der Waals surface area contributed by atoms with Crippen molar-refractivity contribution in [1.82, 2.24) is 25.3 Å². The topological polar surface area (TPSA) is 175 Å². The number of ether oxygens (including phenoxy) is 1. The number of esters is 1. The molecule has 3 aromatic heterocycles. The third-order valence-corrected chi connectivity index (χ3v) is 6.61. The Morgan fingerprint density at radius 3 is 2.79 bits per heavy atom. The molecule has 4 rings (SSSR count). The van der Waals surface area contributed by atoms with Gasteiger partial charge >= 0.3 is 5.97 Å². The van der Waals surface area contributed by atoms with Crippen molar-refractivity contribution in [2.45, 2.75) is 44.9 Å². The first-order valence-electron chi connectivity index (χ1n) is 13.5. The highest BCUT2D eigenvalue weighted by molar-refractivity contribution is 6.02. The molecule has 0 unspecified atom stereocenters. The fourth-order valence-electron chi connectivity index (χ4n) is 4.45. The summed E-state index contributed by atoms with van der Waals surface area (Å²) in [5, 5.41) is 11.7. The van der Waals surface area contributed by atoms with Gasteiger partial charge in [-0.1, -0.05) is 17.3 Å². The van der Waals surface area contributed by atoms with Crippen LogP contribution in [-0.4, -0.2) is 51.0 Å². The van der Waals surface area contributed by atoms with E-state index in [2.05, 4.69) is 32.0 Å². The van der Waals surface area contributed by atoms with Crippen LogP contribution in [0.15, 0.2) is 70.3 Å². The molecular formula is C30H30N6O7. The summed E-state index contributed by atoms with van der Waals surface area (Å²) in [4.78, 5) is 68.1. The molecule has 13 nitrogen and oxygen atoms in total. The molecule has 3 aromatic rings. The number of amides is 3. The number of terminal acetylenes is 1. The molecular weight excluding hydrogens is 556 g/mol.